The van der Waals surface area contributed by atoms with E-state index in [1.807, 2.05) is 6.07 Å². The van der Waals surface area contributed by atoms with Gasteiger partial charge in [0.2, 0.25) is 0 Å². The van der Waals surface area contributed by atoms with Crippen molar-refractivity contribution in [2.75, 3.05) is 20.2 Å². The number of aliphatic hydroxyl groups excluding tert-OH is 1. The van der Waals surface area contributed by atoms with Crippen LogP contribution in [0.2, 0.25) is 0 Å². The first-order chi connectivity index (χ1) is 9.13. The number of hydrogen-bond donors (Lipinski definition) is 1. The molecule has 19 heavy (non-hydrogen) atoms. The summed E-state index contributed by atoms with van der Waals surface area (Å²) in [5.41, 5.74) is 1.28. The molecule has 106 valence electrons. The minimum atomic E-state index is -0.121. The van der Waals surface area contributed by atoms with Crippen molar-refractivity contribution in [1.82, 2.24) is 4.90 Å². The molecule has 1 aromatic carbocycles. The molecular weight excluding hydrogens is 306 g/mol. The highest BCUT2D eigenvalue weighted by atomic mass is 79.9. The molecular formula is C15H22BrNO2. The number of ether oxygens (including phenoxy) is 1. The molecule has 2 unspecified atom stereocenters. The van der Waals surface area contributed by atoms with Crippen LogP contribution in [-0.2, 0) is 6.54 Å². The maximum atomic E-state index is 9.91. The monoisotopic (exact) mass is 327 g/mol. The van der Waals surface area contributed by atoms with Gasteiger partial charge < -0.3 is 9.84 Å². The number of hydrogen-bond acceptors (Lipinski definition) is 3. The van der Waals surface area contributed by atoms with Crippen molar-refractivity contribution in [2.45, 2.75) is 32.4 Å². The predicted molar refractivity (Wildman–Crippen MR) is 80.4 cm³/mol. The van der Waals surface area contributed by atoms with Crippen LogP contribution in [0.3, 0.4) is 0 Å². The Kier molecular flexibility index (Phi) is 5.25. The predicted octanol–water partition coefficient (Wildman–Crippen LogP) is 3.05. The second kappa shape index (κ2) is 6.73. The molecule has 2 atom stereocenters. The minimum absolute atomic E-state index is 0.121. The molecule has 3 nitrogen and oxygen atoms in total. The molecule has 1 aliphatic heterocycles. The largest absolute Gasteiger partial charge is 0.496 e. The van der Waals surface area contributed by atoms with Crippen LogP contribution in [0.25, 0.3) is 0 Å². The third kappa shape index (κ3) is 3.71. The van der Waals surface area contributed by atoms with Gasteiger partial charge in [-0.2, -0.15) is 0 Å². The number of methoxy groups -OCH3 is 1. The fraction of sp³-hybridized carbons (Fsp3) is 0.600. The summed E-state index contributed by atoms with van der Waals surface area (Å²) in [7, 11) is 1.68. The lowest BCUT2D eigenvalue weighted by Crippen LogP contribution is -2.42. The van der Waals surface area contributed by atoms with Gasteiger partial charge in [-0.1, -0.05) is 13.0 Å². The van der Waals surface area contributed by atoms with Crippen molar-refractivity contribution in [2.24, 2.45) is 5.92 Å². The molecule has 0 radical (unpaired) electrons. The average molecular weight is 328 g/mol. The van der Waals surface area contributed by atoms with Crippen molar-refractivity contribution in [3.8, 4) is 5.75 Å². The summed E-state index contributed by atoms with van der Waals surface area (Å²) >= 11 is 3.52. The lowest BCUT2D eigenvalue weighted by molar-refractivity contribution is 0.0222. The molecule has 1 heterocycles. The van der Waals surface area contributed by atoms with Crippen LogP contribution in [-0.4, -0.2) is 36.3 Å². The van der Waals surface area contributed by atoms with E-state index in [-0.39, 0.29) is 6.10 Å². The normalized spacial score (nSPS) is 24.4. The number of nitrogens with zero attached hydrogens (tertiary/aromatic N) is 1. The first kappa shape index (κ1) is 14.8. The van der Waals surface area contributed by atoms with E-state index in [0.29, 0.717) is 5.92 Å². The van der Waals surface area contributed by atoms with Crippen LogP contribution in [0, 0.1) is 5.92 Å². The van der Waals surface area contributed by atoms with Gasteiger partial charge >= 0.3 is 0 Å². The molecule has 1 saturated heterocycles. The molecule has 0 spiro atoms. The van der Waals surface area contributed by atoms with Gasteiger partial charge in [0.15, 0.2) is 0 Å². The smallest absolute Gasteiger partial charge is 0.133 e. The number of piperidine rings is 1. The number of rotatable bonds is 4. The summed E-state index contributed by atoms with van der Waals surface area (Å²) in [5.74, 6) is 1.28. The van der Waals surface area contributed by atoms with E-state index in [1.165, 1.54) is 5.56 Å². The zero-order valence-electron chi connectivity index (χ0n) is 11.6. The second-order valence-corrected chi connectivity index (χ2v) is 6.08. The van der Waals surface area contributed by atoms with Crippen LogP contribution in [0.15, 0.2) is 22.7 Å². The summed E-state index contributed by atoms with van der Waals surface area (Å²) in [6.07, 6.45) is 1.81. The van der Waals surface area contributed by atoms with E-state index in [0.717, 1.165) is 42.7 Å². The zero-order valence-corrected chi connectivity index (χ0v) is 13.2. The van der Waals surface area contributed by atoms with Gasteiger partial charge in [0, 0.05) is 19.6 Å². The van der Waals surface area contributed by atoms with Gasteiger partial charge in [0.25, 0.3) is 0 Å². The maximum absolute atomic E-state index is 9.91. The molecule has 0 saturated carbocycles. The molecule has 0 aliphatic carbocycles. The molecule has 1 fully saturated rings. The molecule has 1 aromatic rings. The Bertz CT molecular complexity index is 425. The topological polar surface area (TPSA) is 32.7 Å². The van der Waals surface area contributed by atoms with Gasteiger partial charge in [0.05, 0.1) is 17.7 Å². The highest BCUT2D eigenvalue weighted by Crippen LogP contribution is 2.27. The lowest BCUT2D eigenvalue weighted by Gasteiger charge is -2.35. The number of likely N-dealkylation sites (tertiary alicyclic amines) is 1. The highest BCUT2D eigenvalue weighted by Gasteiger charge is 2.26. The summed E-state index contributed by atoms with van der Waals surface area (Å²) in [4.78, 5) is 2.43. The Hall–Kier alpha value is -0.580. The molecule has 1 aliphatic rings. The maximum Gasteiger partial charge on any atom is 0.133 e. The Morgan fingerprint density at radius 2 is 2.26 bits per heavy atom. The van der Waals surface area contributed by atoms with E-state index in [2.05, 4.69) is 39.9 Å². The summed E-state index contributed by atoms with van der Waals surface area (Å²) < 4.78 is 6.24. The quantitative estimate of drug-likeness (QED) is 0.922. The van der Waals surface area contributed by atoms with Crippen LogP contribution in [0.1, 0.15) is 25.3 Å². The Balaban J connectivity index is 1.99. The van der Waals surface area contributed by atoms with E-state index in [9.17, 15) is 5.11 Å². The van der Waals surface area contributed by atoms with E-state index in [4.69, 9.17) is 4.74 Å². The van der Waals surface area contributed by atoms with Crippen LogP contribution < -0.4 is 4.74 Å². The fourth-order valence-electron chi connectivity index (χ4n) is 2.71. The Labute approximate surface area is 123 Å². The summed E-state index contributed by atoms with van der Waals surface area (Å²) in [6, 6.07) is 6.22. The molecule has 4 heteroatoms. The third-order valence-corrected chi connectivity index (χ3v) is 4.54. The van der Waals surface area contributed by atoms with E-state index < -0.39 is 0 Å². The van der Waals surface area contributed by atoms with Crippen molar-refractivity contribution < 1.29 is 9.84 Å². The van der Waals surface area contributed by atoms with Gasteiger partial charge in [-0.25, -0.2) is 0 Å². The minimum Gasteiger partial charge on any atom is -0.496 e. The third-order valence-electron chi connectivity index (χ3n) is 3.92. The van der Waals surface area contributed by atoms with E-state index in [1.54, 1.807) is 7.11 Å². The van der Waals surface area contributed by atoms with Crippen molar-refractivity contribution in [1.29, 1.82) is 0 Å². The standard InChI is InChI=1S/C15H22BrNO2/c1-3-12-10-17(7-6-14(12)18)9-11-4-5-15(19-2)13(16)8-11/h4-5,8,12,14,18H,3,6-7,9-10H2,1-2H3. The van der Waals surface area contributed by atoms with Crippen molar-refractivity contribution in [3.63, 3.8) is 0 Å². The molecule has 2 rings (SSSR count). The van der Waals surface area contributed by atoms with Crippen LogP contribution in [0.5, 0.6) is 5.75 Å². The Morgan fingerprint density at radius 1 is 1.47 bits per heavy atom. The SMILES string of the molecule is CCC1CN(Cc2ccc(OC)c(Br)c2)CCC1O. The number of aliphatic hydroxyl groups is 1. The van der Waals surface area contributed by atoms with Gasteiger partial charge in [-0.05, 0) is 52.4 Å². The van der Waals surface area contributed by atoms with Crippen LogP contribution in [0.4, 0.5) is 0 Å². The molecule has 0 bridgehead atoms. The first-order valence-electron chi connectivity index (χ1n) is 6.87. The molecule has 0 amide bonds. The van der Waals surface area contributed by atoms with Gasteiger partial charge in [-0.3, -0.25) is 4.90 Å². The average Bonchev–Trinajstić information content (AvgIpc) is 2.41. The Morgan fingerprint density at radius 3 is 2.89 bits per heavy atom. The number of benzene rings is 1. The van der Waals surface area contributed by atoms with Crippen molar-refractivity contribution >= 4 is 15.9 Å². The van der Waals surface area contributed by atoms with Crippen molar-refractivity contribution in [3.05, 3.63) is 28.2 Å². The zero-order chi connectivity index (χ0) is 13.8. The lowest BCUT2D eigenvalue weighted by atomic mass is 9.92. The number of halogens is 1. The summed E-state index contributed by atoms with van der Waals surface area (Å²) in [5, 5.41) is 9.91. The summed E-state index contributed by atoms with van der Waals surface area (Å²) in [6.45, 7) is 5.05. The van der Waals surface area contributed by atoms with Crippen LogP contribution >= 0.6 is 15.9 Å². The first-order valence-corrected chi connectivity index (χ1v) is 7.66. The second-order valence-electron chi connectivity index (χ2n) is 5.23. The molecule has 0 aromatic heterocycles. The van der Waals surface area contributed by atoms with Gasteiger partial charge in [0.1, 0.15) is 5.75 Å². The fourth-order valence-corrected chi connectivity index (χ4v) is 3.29. The highest BCUT2D eigenvalue weighted by molar-refractivity contribution is 9.10. The van der Waals surface area contributed by atoms with E-state index >= 15 is 0 Å². The van der Waals surface area contributed by atoms with Gasteiger partial charge in [-0.15, -0.1) is 0 Å². The molecule has 1 N–H and O–H groups in total.